The first kappa shape index (κ1) is 8.26. The molecule has 1 aliphatic heterocycles. The molecule has 1 amide bonds. The molecule has 1 aliphatic rings. The van der Waals surface area contributed by atoms with E-state index < -0.39 is 0 Å². The second-order valence-corrected chi connectivity index (χ2v) is 3.24. The van der Waals surface area contributed by atoms with Gasteiger partial charge in [0, 0.05) is 7.05 Å². The van der Waals surface area contributed by atoms with Crippen LogP contribution in [0, 0.1) is 0 Å². The van der Waals surface area contributed by atoms with Gasteiger partial charge in [0.1, 0.15) is 6.04 Å². The maximum Gasteiger partial charge on any atom is 0.245 e. The molecule has 1 fully saturated rings. The Balaban J connectivity index is 2.24. The Hall–Kier alpha value is -1.35. The Morgan fingerprint density at radius 2 is 2.08 bits per heavy atom. The summed E-state index contributed by atoms with van der Waals surface area (Å²) in [5.74, 6) is 0.145. The van der Waals surface area contributed by atoms with Gasteiger partial charge in [-0.2, -0.15) is 0 Å². The average Bonchev–Trinajstić information content (AvgIpc) is 2.49. The van der Waals surface area contributed by atoms with Crippen LogP contribution in [0.25, 0.3) is 0 Å². The minimum Gasteiger partial charge on any atom is -0.331 e. The highest BCUT2D eigenvalue weighted by Crippen LogP contribution is 2.18. The minimum absolute atomic E-state index is 0.145. The molecule has 1 aromatic rings. The van der Waals surface area contributed by atoms with Gasteiger partial charge in [0.05, 0.1) is 6.67 Å². The van der Waals surface area contributed by atoms with Crippen LogP contribution in [0.1, 0.15) is 11.6 Å². The van der Waals surface area contributed by atoms with Crippen molar-refractivity contribution in [1.82, 2.24) is 10.2 Å². The van der Waals surface area contributed by atoms with E-state index in [-0.39, 0.29) is 11.9 Å². The Labute approximate surface area is 77.4 Å². The van der Waals surface area contributed by atoms with Crippen molar-refractivity contribution in [3.05, 3.63) is 35.9 Å². The third-order valence-corrected chi connectivity index (χ3v) is 2.29. The molecule has 2 rings (SSSR count). The number of likely N-dealkylation sites (N-methyl/N-ethyl adjacent to an activating group) is 1. The lowest BCUT2D eigenvalue weighted by Gasteiger charge is -2.08. The lowest BCUT2D eigenvalue weighted by molar-refractivity contribution is -0.127. The maximum absolute atomic E-state index is 11.6. The third-order valence-electron chi connectivity index (χ3n) is 2.29. The van der Waals surface area contributed by atoms with Gasteiger partial charge in [0.15, 0.2) is 0 Å². The molecule has 3 nitrogen and oxygen atoms in total. The quantitative estimate of drug-likeness (QED) is 0.684. The van der Waals surface area contributed by atoms with Gasteiger partial charge in [0.25, 0.3) is 0 Å². The third kappa shape index (κ3) is 1.42. The van der Waals surface area contributed by atoms with Crippen LogP contribution in [0.4, 0.5) is 0 Å². The van der Waals surface area contributed by atoms with Crippen molar-refractivity contribution in [2.24, 2.45) is 0 Å². The summed E-state index contributed by atoms with van der Waals surface area (Å²) in [5, 5.41) is 3.15. The second kappa shape index (κ2) is 3.18. The van der Waals surface area contributed by atoms with Crippen LogP contribution in [0.5, 0.6) is 0 Å². The van der Waals surface area contributed by atoms with E-state index in [0.717, 1.165) is 5.56 Å². The van der Waals surface area contributed by atoms with E-state index in [2.05, 4.69) is 5.32 Å². The highest BCUT2D eigenvalue weighted by Gasteiger charge is 2.29. The van der Waals surface area contributed by atoms with Crippen LogP contribution >= 0.6 is 0 Å². The van der Waals surface area contributed by atoms with Crippen LogP contribution in [-0.2, 0) is 4.79 Å². The van der Waals surface area contributed by atoms with Crippen molar-refractivity contribution in [1.29, 1.82) is 0 Å². The highest BCUT2D eigenvalue weighted by molar-refractivity contribution is 5.84. The van der Waals surface area contributed by atoms with Gasteiger partial charge in [-0.05, 0) is 5.56 Å². The van der Waals surface area contributed by atoms with Gasteiger partial charge in [-0.3, -0.25) is 10.1 Å². The van der Waals surface area contributed by atoms with E-state index in [1.165, 1.54) is 0 Å². The van der Waals surface area contributed by atoms with Crippen LogP contribution in [-0.4, -0.2) is 24.5 Å². The smallest absolute Gasteiger partial charge is 0.245 e. The molecule has 0 radical (unpaired) electrons. The fourth-order valence-corrected chi connectivity index (χ4v) is 1.52. The predicted molar refractivity (Wildman–Crippen MR) is 50.0 cm³/mol. The Bertz CT molecular complexity index is 310. The lowest BCUT2D eigenvalue weighted by atomic mass is 10.1. The Morgan fingerprint density at radius 3 is 2.62 bits per heavy atom. The fourth-order valence-electron chi connectivity index (χ4n) is 1.52. The number of carbonyl (C=O) groups is 1. The number of nitrogens with one attached hydrogen (secondary N) is 1. The molecule has 1 aromatic carbocycles. The van der Waals surface area contributed by atoms with Gasteiger partial charge in [0.2, 0.25) is 5.91 Å². The van der Waals surface area contributed by atoms with Gasteiger partial charge in [-0.15, -0.1) is 0 Å². The largest absolute Gasteiger partial charge is 0.331 e. The van der Waals surface area contributed by atoms with Crippen molar-refractivity contribution < 1.29 is 4.79 Å². The summed E-state index contributed by atoms with van der Waals surface area (Å²) in [6, 6.07) is 9.63. The fraction of sp³-hybridized carbons (Fsp3) is 0.300. The summed E-state index contributed by atoms with van der Waals surface area (Å²) in [4.78, 5) is 13.3. The number of nitrogens with zero attached hydrogens (tertiary/aromatic N) is 1. The lowest BCUT2D eigenvalue weighted by Crippen LogP contribution is -2.21. The van der Waals surface area contributed by atoms with E-state index in [9.17, 15) is 4.79 Å². The number of hydrogen-bond acceptors (Lipinski definition) is 2. The topological polar surface area (TPSA) is 32.3 Å². The minimum atomic E-state index is -0.147. The Morgan fingerprint density at radius 1 is 1.38 bits per heavy atom. The number of hydrogen-bond donors (Lipinski definition) is 1. The summed E-state index contributed by atoms with van der Waals surface area (Å²) in [5.41, 5.74) is 1.04. The van der Waals surface area contributed by atoms with E-state index in [1.807, 2.05) is 30.3 Å². The first-order chi connectivity index (χ1) is 6.29. The summed E-state index contributed by atoms with van der Waals surface area (Å²) in [7, 11) is 1.80. The van der Waals surface area contributed by atoms with Crippen LogP contribution < -0.4 is 5.32 Å². The zero-order valence-corrected chi connectivity index (χ0v) is 7.53. The number of rotatable bonds is 1. The van der Waals surface area contributed by atoms with Gasteiger partial charge >= 0.3 is 0 Å². The predicted octanol–water partition coefficient (Wildman–Crippen LogP) is 0.747. The SMILES string of the molecule is CN1CNC(c2ccccc2)C1=O. The van der Waals surface area contributed by atoms with E-state index >= 15 is 0 Å². The van der Waals surface area contributed by atoms with Crippen molar-refractivity contribution in [3.8, 4) is 0 Å². The molecule has 1 atom stereocenters. The maximum atomic E-state index is 11.6. The van der Waals surface area contributed by atoms with Crippen molar-refractivity contribution >= 4 is 5.91 Å². The van der Waals surface area contributed by atoms with Gasteiger partial charge < -0.3 is 4.90 Å². The zero-order valence-electron chi connectivity index (χ0n) is 7.53. The number of benzene rings is 1. The molecule has 68 valence electrons. The van der Waals surface area contributed by atoms with Crippen molar-refractivity contribution in [2.45, 2.75) is 6.04 Å². The van der Waals surface area contributed by atoms with Crippen LogP contribution in [0.2, 0.25) is 0 Å². The van der Waals surface area contributed by atoms with E-state index in [4.69, 9.17) is 0 Å². The molecular weight excluding hydrogens is 164 g/mol. The molecule has 1 heterocycles. The number of carbonyl (C=O) groups excluding carboxylic acids is 1. The molecule has 1 unspecified atom stereocenters. The van der Waals surface area contributed by atoms with Crippen LogP contribution in [0.3, 0.4) is 0 Å². The van der Waals surface area contributed by atoms with Crippen molar-refractivity contribution in [2.75, 3.05) is 13.7 Å². The molecule has 0 bridgehead atoms. The second-order valence-electron chi connectivity index (χ2n) is 3.24. The summed E-state index contributed by atoms with van der Waals surface area (Å²) < 4.78 is 0. The molecule has 3 heteroatoms. The zero-order chi connectivity index (χ0) is 9.26. The molecule has 1 N–H and O–H groups in total. The molecule has 0 spiro atoms. The standard InChI is InChI=1S/C10H12N2O/c1-12-7-11-9(10(12)13)8-5-3-2-4-6-8/h2-6,9,11H,7H2,1H3. The van der Waals surface area contributed by atoms with Crippen molar-refractivity contribution in [3.63, 3.8) is 0 Å². The molecule has 0 aliphatic carbocycles. The first-order valence-corrected chi connectivity index (χ1v) is 4.32. The summed E-state index contributed by atoms with van der Waals surface area (Å²) in [6.07, 6.45) is 0. The van der Waals surface area contributed by atoms with E-state index in [0.29, 0.717) is 6.67 Å². The first-order valence-electron chi connectivity index (χ1n) is 4.32. The molecule has 13 heavy (non-hydrogen) atoms. The summed E-state index contributed by atoms with van der Waals surface area (Å²) in [6.45, 7) is 0.637. The number of amides is 1. The molecular formula is C10H12N2O. The van der Waals surface area contributed by atoms with Gasteiger partial charge in [-0.1, -0.05) is 30.3 Å². The molecule has 0 aromatic heterocycles. The van der Waals surface area contributed by atoms with Crippen LogP contribution in [0.15, 0.2) is 30.3 Å². The molecule has 0 saturated carbocycles. The summed E-state index contributed by atoms with van der Waals surface area (Å²) >= 11 is 0. The van der Waals surface area contributed by atoms with E-state index in [1.54, 1.807) is 11.9 Å². The normalized spacial score (nSPS) is 22.4. The highest BCUT2D eigenvalue weighted by atomic mass is 16.2. The van der Waals surface area contributed by atoms with Gasteiger partial charge in [-0.25, -0.2) is 0 Å². The Kier molecular flexibility index (Phi) is 2.02. The molecule has 1 saturated heterocycles. The average molecular weight is 176 g/mol. The monoisotopic (exact) mass is 176 g/mol.